The number of para-hydroxylation sites is 1. The van der Waals surface area contributed by atoms with Crippen LogP contribution in [0.25, 0.3) is 0 Å². The molecule has 1 rings (SSSR count). The molecule has 0 radical (unpaired) electrons. The standard InChI is InChI=1S/C18H26O5/c19-17(20)13-7-5-3-1-2-4-6-10-14-23-16-12-9-8-11-15(16)18(21)22/h8-9,11-12H,1-7,10,13-14H2,(H,19,20)(H,21,22). The first-order valence-electron chi connectivity index (χ1n) is 8.28. The van der Waals surface area contributed by atoms with Crippen molar-refractivity contribution in [1.82, 2.24) is 0 Å². The monoisotopic (exact) mass is 322 g/mol. The van der Waals surface area contributed by atoms with Crippen LogP contribution in [0.3, 0.4) is 0 Å². The number of benzene rings is 1. The highest BCUT2D eigenvalue weighted by molar-refractivity contribution is 5.90. The number of hydrogen-bond donors (Lipinski definition) is 2. The average Bonchev–Trinajstić information content (AvgIpc) is 2.52. The molecular formula is C18H26O5. The molecule has 23 heavy (non-hydrogen) atoms. The zero-order valence-corrected chi connectivity index (χ0v) is 13.5. The minimum atomic E-state index is -0.969. The van der Waals surface area contributed by atoms with Crippen molar-refractivity contribution >= 4 is 11.9 Å². The molecule has 0 amide bonds. The van der Waals surface area contributed by atoms with E-state index in [0.717, 1.165) is 51.4 Å². The molecule has 128 valence electrons. The largest absolute Gasteiger partial charge is 0.493 e. The number of carbonyl (C=O) groups is 2. The molecule has 0 fully saturated rings. The van der Waals surface area contributed by atoms with E-state index in [1.807, 2.05) is 0 Å². The summed E-state index contributed by atoms with van der Waals surface area (Å²) in [5.74, 6) is -1.25. The van der Waals surface area contributed by atoms with Crippen molar-refractivity contribution in [3.8, 4) is 5.75 Å². The molecule has 0 saturated carbocycles. The summed E-state index contributed by atoms with van der Waals surface area (Å²) in [5, 5.41) is 17.6. The Bertz CT molecular complexity index is 484. The fourth-order valence-electron chi connectivity index (χ4n) is 2.39. The molecule has 0 spiro atoms. The lowest BCUT2D eigenvalue weighted by Gasteiger charge is -2.08. The van der Waals surface area contributed by atoms with Gasteiger partial charge < -0.3 is 14.9 Å². The number of carboxylic acids is 2. The van der Waals surface area contributed by atoms with Gasteiger partial charge >= 0.3 is 11.9 Å². The normalized spacial score (nSPS) is 10.4. The molecule has 0 heterocycles. The first-order chi connectivity index (χ1) is 11.1. The summed E-state index contributed by atoms with van der Waals surface area (Å²) in [4.78, 5) is 21.4. The van der Waals surface area contributed by atoms with Crippen LogP contribution in [0.2, 0.25) is 0 Å². The predicted molar refractivity (Wildman–Crippen MR) is 88.1 cm³/mol. The highest BCUT2D eigenvalue weighted by atomic mass is 16.5. The van der Waals surface area contributed by atoms with E-state index in [4.69, 9.17) is 14.9 Å². The van der Waals surface area contributed by atoms with Gasteiger partial charge in [-0.25, -0.2) is 4.79 Å². The van der Waals surface area contributed by atoms with Crippen molar-refractivity contribution in [2.45, 2.75) is 57.8 Å². The molecule has 5 nitrogen and oxygen atoms in total. The van der Waals surface area contributed by atoms with Gasteiger partial charge in [0.15, 0.2) is 0 Å². The van der Waals surface area contributed by atoms with Crippen molar-refractivity contribution in [1.29, 1.82) is 0 Å². The number of hydrogen-bond acceptors (Lipinski definition) is 3. The molecular weight excluding hydrogens is 296 g/mol. The Balaban J connectivity index is 2.00. The first kappa shape index (κ1) is 19.0. The lowest BCUT2D eigenvalue weighted by atomic mass is 10.1. The SMILES string of the molecule is O=C(O)CCCCCCCCCCOc1ccccc1C(=O)O. The molecule has 5 heteroatoms. The Hall–Kier alpha value is -2.04. The Labute approximate surface area is 137 Å². The van der Waals surface area contributed by atoms with Gasteiger partial charge in [-0.3, -0.25) is 4.79 Å². The van der Waals surface area contributed by atoms with E-state index >= 15 is 0 Å². The van der Waals surface area contributed by atoms with Gasteiger partial charge in [0.1, 0.15) is 11.3 Å². The molecule has 0 unspecified atom stereocenters. The van der Waals surface area contributed by atoms with Crippen LogP contribution < -0.4 is 4.74 Å². The molecule has 0 saturated heterocycles. The van der Waals surface area contributed by atoms with Crippen molar-refractivity contribution < 1.29 is 24.5 Å². The summed E-state index contributed by atoms with van der Waals surface area (Å²) in [6.07, 6.45) is 8.51. The Kier molecular flexibility index (Phi) is 9.52. The molecule has 0 aliphatic carbocycles. The summed E-state index contributed by atoms with van der Waals surface area (Å²) >= 11 is 0. The third-order valence-corrected chi connectivity index (χ3v) is 3.66. The number of aliphatic carboxylic acids is 1. The van der Waals surface area contributed by atoms with Crippen LogP contribution in [0.1, 0.15) is 68.1 Å². The van der Waals surface area contributed by atoms with Crippen LogP contribution in [-0.2, 0) is 4.79 Å². The van der Waals surface area contributed by atoms with Gasteiger partial charge in [0.05, 0.1) is 6.61 Å². The predicted octanol–water partition coefficient (Wildman–Crippen LogP) is 4.36. The molecule has 0 bridgehead atoms. The minimum Gasteiger partial charge on any atom is -0.493 e. The third kappa shape index (κ3) is 8.86. The minimum absolute atomic E-state index is 0.203. The topological polar surface area (TPSA) is 83.8 Å². The van der Waals surface area contributed by atoms with Gasteiger partial charge in [-0.2, -0.15) is 0 Å². The second kappa shape index (κ2) is 11.5. The third-order valence-electron chi connectivity index (χ3n) is 3.66. The zero-order chi connectivity index (χ0) is 16.9. The van der Waals surface area contributed by atoms with Gasteiger partial charge in [0.2, 0.25) is 0 Å². The number of carboxylic acid groups (broad SMARTS) is 2. The molecule has 2 N–H and O–H groups in total. The van der Waals surface area contributed by atoms with E-state index in [1.165, 1.54) is 0 Å². The quantitative estimate of drug-likeness (QED) is 0.527. The lowest BCUT2D eigenvalue weighted by Crippen LogP contribution is -2.04. The van der Waals surface area contributed by atoms with Gasteiger partial charge in [-0.05, 0) is 25.0 Å². The van der Waals surface area contributed by atoms with E-state index in [-0.39, 0.29) is 12.0 Å². The second-order valence-electron chi connectivity index (χ2n) is 5.62. The van der Waals surface area contributed by atoms with Crippen LogP contribution in [0, 0.1) is 0 Å². The fraction of sp³-hybridized carbons (Fsp3) is 0.556. The van der Waals surface area contributed by atoms with Crippen LogP contribution >= 0.6 is 0 Å². The first-order valence-corrected chi connectivity index (χ1v) is 8.28. The fourth-order valence-corrected chi connectivity index (χ4v) is 2.39. The number of unbranched alkanes of at least 4 members (excludes halogenated alkanes) is 7. The molecule has 1 aromatic carbocycles. The highest BCUT2D eigenvalue weighted by Gasteiger charge is 2.09. The van der Waals surface area contributed by atoms with E-state index in [1.54, 1.807) is 24.3 Å². The van der Waals surface area contributed by atoms with E-state index < -0.39 is 11.9 Å². The van der Waals surface area contributed by atoms with Crippen LogP contribution in [0.4, 0.5) is 0 Å². The van der Waals surface area contributed by atoms with Crippen LogP contribution in [0.5, 0.6) is 5.75 Å². The van der Waals surface area contributed by atoms with Crippen molar-refractivity contribution in [3.63, 3.8) is 0 Å². The van der Waals surface area contributed by atoms with Crippen molar-refractivity contribution in [2.24, 2.45) is 0 Å². The highest BCUT2D eigenvalue weighted by Crippen LogP contribution is 2.18. The Morgan fingerprint density at radius 3 is 2.00 bits per heavy atom. The Morgan fingerprint density at radius 2 is 1.39 bits per heavy atom. The van der Waals surface area contributed by atoms with E-state index in [0.29, 0.717) is 12.4 Å². The van der Waals surface area contributed by atoms with Crippen molar-refractivity contribution in [3.05, 3.63) is 29.8 Å². The zero-order valence-electron chi connectivity index (χ0n) is 13.5. The van der Waals surface area contributed by atoms with Crippen molar-refractivity contribution in [2.75, 3.05) is 6.61 Å². The summed E-state index contributed by atoms with van der Waals surface area (Å²) in [6.45, 7) is 0.531. The second-order valence-corrected chi connectivity index (χ2v) is 5.62. The summed E-state index contributed by atoms with van der Waals surface area (Å²) < 4.78 is 5.54. The van der Waals surface area contributed by atoms with Gasteiger partial charge in [0, 0.05) is 6.42 Å². The lowest BCUT2D eigenvalue weighted by molar-refractivity contribution is -0.137. The molecule has 0 aromatic heterocycles. The van der Waals surface area contributed by atoms with Gasteiger partial charge in [0.25, 0.3) is 0 Å². The smallest absolute Gasteiger partial charge is 0.339 e. The molecule has 0 aliphatic rings. The number of rotatable bonds is 13. The Morgan fingerprint density at radius 1 is 0.826 bits per heavy atom. The van der Waals surface area contributed by atoms with Crippen LogP contribution in [-0.4, -0.2) is 28.8 Å². The maximum absolute atomic E-state index is 11.0. The van der Waals surface area contributed by atoms with E-state index in [9.17, 15) is 9.59 Å². The van der Waals surface area contributed by atoms with Gasteiger partial charge in [-0.1, -0.05) is 50.7 Å². The molecule has 1 aromatic rings. The summed E-state index contributed by atoms with van der Waals surface area (Å²) in [6, 6.07) is 6.68. The number of ether oxygens (including phenoxy) is 1. The van der Waals surface area contributed by atoms with Crippen LogP contribution in [0.15, 0.2) is 24.3 Å². The number of aromatic carboxylic acids is 1. The maximum atomic E-state index is 11.0. The summed E-state index contributed by atoms with van der Waals surface area (Å²) in [7, 11) is 0. The molecule has 0 atom stereocenters. The average molecular weight is 322 g/mol. The maximum Gasteiger partial charge on any atom is 0.339 e. The summed E-state index contributed by atoms with van der Waals surface area (Å²) in [5.41, 5.74) is 0.203. The molecule has 0 aliphatic heterocycles. The van der Waals surface area contributed by atoms with E-state index in [2.05, 4.69) is 0 Å². The van der Waals surface area contributed by atoms with Gasteiger partial charge in [-0.15, -0.1) is 0 Å².